The lowest BCUT2D eigenvalue weighted by Crippen LogP contribution is -2.65. The molecule has 3 heterocycles. The molecule has 0 saturated carbocycles. The van der Waals surface area contributed by atoms with Crippen LogP contribution in [0.3, 0.4) is 0 Å². The zero-order valence-electron chi connectivity index (χ0n) is 28.1. The van der Waals surface area contributed by atoms with E-state index in [1.54, 1.807) is 0 Å². The molecule has 0 radical (unpaired) electrons. The van der Waals surface area contributed by atoms with Crippen molar-refractivity contribution in [3.05, 3.63) is 101 Å². The predicted octanol–water partition coefficient (Wildman–Crippen LogP) is 4.45. The molecule has 2 amide bonds. The van der Waals surface area contributed by atoms with Crippen LogP contribution in [0.1, 0.15) is 64.1 Å². The number of aromatic nitrogens is 1. The third kappa shape index (κ3) is 8.79. The topological polar surface area (TPSA) is 96.0 Å². The molecule has 4 atom stereocenters. The zero-order chi connectivity index (χ0) is 33.0. The van der Waals surface area contributed by atoms with E-state index >= 15 is 0 Å². The minimum atomic E-state index is -1.19. The Bertz CT molecular complexity index is 1390. The highest BCUT2D eigenvalue weighted by atomic mass is 16.5. The van der Waals surface area contributed by atoms with Crippen LogP contribution in [0.25, 0.3) is 0 Å². The highest BCUT2D eigenvalue weighted by Gasteiger charge is 2.44. The fourth-order valence-corrected chi connectivity index (χ4v) is 6.43. The molecule has 0 fully saturated rings. The van der Waals surface area contributed by atoms with Gasteiger partial charge in [0.25, 0.3) is 11.8 Å². The van der Waals surface area contributed by atoms with Gasteiger partial charge >= 0.3 is 0 Å². The van der Waals surface area contributed by atoms with E-state index in [1.165, 1.54) is 0 Å². The van der Waals surface area contributed by atoms with Crippen molar-refractivity contribution >= 4 is 11.8 Å². The molecular formula is C37H49N5O4. The molecule has 0 saturated heterocycles. The standard InChI is InChI=1S/C37H49N5O4/c1-34(2)24-41-20-30-18-13-19-31(38-30)21-42(27-36(5,32(43)39-34)45-22-28-14-9-7-10-15-28)25-35(3,4)40-33(44)37(6,26-41)46-23-29-16-11-8-12-17-29/h7-19H,20-27H2,1-6H3,(H,39,43)(H,40,44). The van der Waals surface area contributed by atoms with Gasteiger partial charge in [0, 0.05) is 50.3 Å². The molecule has 4 bridgehead atoms. The Morgan fingerprint density at radius 3 is 1.37 bits per heavy atom. The monoisotopic (exact) mass is 627 g/mol. The predicted molar refractivity (Wildman–Crippen MR) is 179 cm³/mol. The lowest BCUT2D eigenvalue weighted by atomic mass is 9.95. The molecule has 0 aliphatic carbocycles. The van der Waals surface area contributed by atoms with Gasteiger partial charge in [-0.25, -0.2) is 0 Å². The Labute approximate surface area is 273 Å². The SMILES string of the molecule is CC1(C)CN2Cc3cccc(n3)CN(CC(C)(C)NC(=O)C(C)(OCc3ccccc3)C2)CC(C)(OCc2ccccc2)C(=O)N1. The summed E-state index contributed by atoms with van der Waals surface area (Å²) in [5, 5.41) is 6.64. The van der Waals surface area contributed by atoms with Crippen molar-refractivity contribution < 1.29 is 19.1 Å². The van der Waals surface area contributed by atoms with Gasteiger partial charge in [-0.3, -0.25) is 24.4 Å². The van der Waals surface area contributed by atoms with Crippen LogP contribution in [0.2, 0.25) is 0 Å². The van der Waals surface area contributed by atoms with Crippen LogP contribution in [-0.4, -0.2) is 75.1 Å². The second-order valence-corrected chi connectivity index (χ2v) is 14.6. The maximum absolute atomic E-state index is 14.3. The van der Waals surface area contributed by atoms with Crippen molar-refractivity contribution in [1.29, 1.82) is 0 Å². The van der Waals surface area contributed by atoms with Gasteiger partial charge in [0.1, 0.15) is 0 Å². The molecule has 2 aliphatic heterocycles. The number of hydrogen-bond acceptors (Lipinski definition) is 7. The molecule has 4 unspecified atom stereocenters. The molecule has 2 aromatic carbocycles. The first-order chi connectivity index (χ1) is 21.7. The van der Waals surface area contributed by atoms with Crippen molar-refractivity contribution in [3.8, 4) is 0 Å². The van der Waals surface area contributed by atoms with Crippen LogP contribution < -0.4 is 10.6 Å². The minimum absolute atomic E-state index is 0.181. The van der Waals surface area contributed by atoms with Crippen molar-refractivity contribution in [3.63, 3.8) is 0 Å². The van der Waals surface area contributed by atoms with Gasteiger partial charge in [-0.05, 0) is 64.8 Å². The van der Waals surface area contributed by atoms with Crippen molar-refractivity contribution in [1.82, 2.24) is 25.4 Å². The van der Waals surface area contributed by atoms with Crippen LogP contribution in [0.5, 0.6) is 0 Å². The summed E-state index contributed by atoms with van der Waals surface area (Å²) < 4.78 is 13.1. The number of rotatable bonds is 6. The average Bonchev–Trinajstić information content (AvgIpc) is 2.99. The molecule has 46 heavy (non-hydrogen) atoms. The molecule has 9 nitrogen and oxygen atoms in total. The Morgan fingerprint density at radius 1 is 0.587 bits per heavy atom. The second-order valence-electron chi connectivity index (χ2n) is 14.6. The van der Waals surface area contributed by atoms with E-state index in [2.05, 4.69) is 20.4 Å². The number of carbonyl (C=O) groups is 2. The zero-order valence-corrected chi connectivity index (χ0v) is 28.1. The van der Waals surface area contributed by atoms with E-state index in [4.69, 9.17) is 14.5 Å². The molecule has 2 aliphatic rings. The van der Waals surface area contributed by atoms with E-state index in [0.717, 1.165) is 22.5 Å². The summed E-state index contributed by atoms with van der Waals surface area (Å²) in [4.78, 5) is 38.0. The maximum Gasteiger partial charge on any atom is 0.253 e. The Balaban J connectivity index is 1.56. The fraction of sp³-hybridized carbons (Fsp3) is 0.486. The van der Waals surface area contributed by atoms with Crippen LogP contribution in [-0.2, 0) is 45.4 Å². The van der Waals surface area contributed by atoms with Crippen LogP contribution >= 0.6 is 0 Å². The quantitative estimate of drug-likeness (QED) is 0.417. The van der Waals surface area contributed by atoms with E-state index in [9.17, 15) is 9.59 Å². The van der Waals surface area contributed by atoms with Gasteiger partial charge in [-0.15, -0.1) is 0 Å². The number of hydrogen-bond donors (Lipinski definition) is 2. The molecule has 0 spiro atoms. The van der Waals surface area contributed by atoms with Gasteiger partial charge in [-0.1, -0.05) is 66.7 Å². The van der Waals surface area contributed by atoms with E-state index < -0.39 is 22.3 Å². The minimum Gasteiger partial charge on any atom is -0.359 e. The Morgan fingerprint density at radius 2 is 0.978 bits per heavy atom. The summed E-state index contributed by atoms with van der Waals surface area (Å²) in [5.74, 6) is -0.362. The fourth-order valence-electron chi connectivity index (χ4n) is 6.43. The first-order valence-corrected chi connectivity index (χ1v) is 16.1. The Kier molecular flexibility index (Phi) is 9.98. The molecule has 5 rings (SSSR count). The van der Waals surface area contributed by atoms with Gasteiger partial charge in [-0.2, -0.15) is 0 Å². The number of pyridine rings is 1. The van der Waals surface area contributed by atoms with Gasteiger partial charge < -0.3 is 20.1 Å². The van der Waals surface area contributed by atoms with Crippen LogP contribution in [0.4, 0.5) is 0 Å². The molecule has 9 heteroatoms. The lowest BCUT2D eigenvalue weighted by Gasteiger charge is -2.43. The van der Waals surface area contributed by atoms with Crippen LogP contribution in [0, 0.1) is 0 Å². The number of benzene rings is 2. The number of ether oxygens (including phenoxy) is 2. The first-order valence-electron chi connectivity index (χ1n) is 16.1. The van der Waals surface area contributed by atoms with Crippen LogP contribution in [0.15, 0.2) is 78.9 Å². The molecular weight excluding hydrogens is 578 g/mol. The van der Waals surface area contributed by atoms with E-state index in [0.29, 0.717) is 39.3 Å². The van der Waals surface area contributed by atoms with Gasteiger partial charge in [0.2, 0.25) is 0 Å². The number of nitrogens with one attached hydrogen (secondary N) is 2. The third-order valence-electron chi connectivity index (χ3n) is 8.59. The number of carbonyl (C=O) groups excluding carboxylic acids is 2. The summed E-state index contributed by atoms with van der Waals surface area (Å²) in [6, 6.07) is 25.9. The van der Waals surface area contributed by atoms with Crippen molar-refractivity contribution in [2.24, 2.45) is 0 Å². The lowest BCUT2D eigenvalue weighted by molar-refractivity contribution is -0.156. The van der Waals surface area contributed by atoms with E-state index in [1.807, 2.05) is 120 Å². The van der Waals surface area contributed by atoms with Crippen molar-refractivity contribution in [2.75, 3.05) is 26.2 Å². The smallest absolute Gasteiger partial charge is 0.253 e. The highest BCUT2D eigenvalue weighted by molar-refractivity contribution is 5.86. The summed E-state index contributed by atoms with van der Waals surface area (Å²) in [5.41, 5.74) is 0.0288. The highest BCUT2D eigenvalue weighted by Crippen LogP contribution is 2.26. The Hall–Kier alpha value is -3.63. The van der Waals surface area contributed by atoms with Gasteiger partial charge in [0.15, 0.2) is 11.2 Å². The van der Waals surface area contributed by atoms with Crippen molar-refractivity contribution in [2.45, 2.75) is 90.1 Å². The van der Waals surface area contributed by atoms with Gasteiger partial charge in [0.05, 0.1) is 24.6 Å². The average molecular weight is 628 g/mol. The second kappa shape index (κ2) is 13.6. The number of fused-ring (bicyclic) bond motifs is 2. The number of amides is 2. The number of nitrogens with zero attached hydrogens (tertiary/aromatic N) is 3. The summed E-state index contributed by atoms with van der Waals surface area (Å²) in [6.45, 7) is 14.8. The maximum atomic E-state index is 14.3. The molecule has 246 valence electrons. The summed E-state index contributed by atoms with van der Waals surface area (Å²) in [6.07, 6.45) is 0. The molecule has 1 aromatic heterocycles. The third-order valence-corrected chi connectivity index (χ3v) is 8.59. The largest absolute Gasteiger partial charge is 0.359 e. The first kappa shape index (κ1) is 33.7. The summed E-state index contributed by atoms with van der Waals surface area (Å²) in [7, 11) is 0. The van der Waals surface area contributed by atoms with E-state index in [-0.39, 0.29) is 25.0 Å². The summed E-state index contributed by atoms with van der Waals surface area (Å²) >= 11 is 0. The molecule has 3 aromatic rings. The normalized spacial score (nSPS) is 28.1. The molecule has 2 N–H and O–H groups in total.